The third kappa shape index (κ3) is 7.15. The van der Waals surface area contributed by atoms with E-state index in [0.29, 0.717) is 19.7 Å². The molecule has 0 spiro atoms. The zero-order chi connectivity index (χ0) is 15.0. The molecule has 0 saturated heterocycles. The summed E-state index contributed by atoms with van der Waals surface area (Å²) in [5.74, 6) is 6.59. The number of hydrogen-bond acceptors (Lipinski definition) is 4. The molecule has 1 aromatic carbocycles. The summed E-state index contributed by atoms with van der Waals surface area (Å²) in [5.41, 5.74) is 5.57. The molecule has 1 aromatic rings. The predicted octanol–water partition coefficient (Wildman–Crippen LogP) is 1.08. The van der Waals surface area contributed by atoms with Crippen LogP contribution in [0.3, 0.4) is 0 Å². The fourth-order valence-electron chi connectivity index (χ4n) is 1.85. The molecule has 0 aliphatic rings. The Morgan fingerprint density at radius 1 is 1.30 bits per heavy atom. The lowest BCUT2D eigenvalue weighted by atomic mass is 10.1. The lowest BCUT2D eigenvalue weighted by molar-refractivity contribution is 0.0411. The summed E-state index contributed by atoms with van der Waals surface area (Å²) in [6.07, 6.45) is 0. The quantitative estimate of drug-likeness (QED) is 0.763. The molecule has 0 aromatic heterocycles. The Morgan fingerprint density at radius 2 is 1.95 bits per heavy atom. The molecule has 0 heterocycles. The van der Waals surface area contributed by atoms with Crippen LogP contribution in [0.15, 0.2) is 24.3 Å². The molecule has 0 aliphatic heterocycles. The van der Waals surface area contributed by atoms with Gasteiger partial charge in [0.1, 0.15) is 12.4 Å². The monoisotopic (exact) mass is 276 g/mol. The first-order valence-corrected chi connectivity index (χ1v) is 6.73. The molecule has 0 radical (unpaired) electrons. The van der Waals surface area contributed by atoms with Gasteiger partial charge in [-0.3, -0.25) is 0 Å². The highest BCUT2D eigenvalue weighted by atomic mass is 16.5. The van der Waals surface area contributed by atoms with E-state index in [1.807, 2.05) is 36.2 Å². The van der Waals surface area contributed by atoms with E-state index in [0.717, 1.165) is 17.9 Å². The molecule has 0 unspecified atom stereocenters. The van der Waals surface area contributed by atoms with Gasteiger partial charge in [-0.25, -0.2) is 0 Å². The number of nitrogens with two attached hydrogens (primary N) is 1. The first kappa shape index (κ1) is 16.5. The van der Waals surface area contributed by atoms with Crippen LogP contribution in [-0.2, 0) is 0 Å². The van der Waals surface area contributed by atoms with E-state index in [1.165, 1.54) is 0 Å². The van der Waals surface area contributed by atoms with Crippen LogP contribution in [-0.4, -0.2) is 48.9 Å². The van der Waals surface area contributed by atoms with E-state index in [1.54, 1.807) is 13.8 Å². The Hall–Kier alpha value is -1.54. The van der Waals surface area contributed by atoms with Crippen molar-refractivity contribution in [2.45, 2.75) is 19.4 Å². The van der Waals surface area contributed by atoms with Crippen molar-refractivity contribution in [1.29, 1.82) is 0 Å². The number of rotatable bonds is 6. The molecule has 0 aliphatic carbocycles. The summed E-state index contributed by atoms with van der Waals surface area (Å²) in [6, 6.07) is 7.63. The molecular formula is C16H24N2O2. The Kier molecular flexibility index (Phi) is 6.53. The van der Waals surface area contributed by atoms with Gasteiger partial charge in [0.2, 0.25) is 0 Å². The van der Waals surface area contributed by atoms with Crippen LogP contribution in [0.1, 0.15) is 19.4 Å². The maximum absolute atomic E-state index is 9.70. The van der Waals surface area contributed by atoms with Gasteiger partial charge in [-0.2, -0.15) is 0 Å². The topological polar surface area (TPSA) is 58.7 Å². The van der Waals surface area contributed by atoms with Gasteiger partial charge in [0.25, 0.3) is 0 Å². The molecule has 20 heavy (non-hydrogen) atoms. The van der Waals surface area contributed by atoms with Gasteiger partial charge in [-0.15, -0.1) is 0 Å². The molecule has 4 heteroatoms. The minimum absolute atomic E-state index is 0.367. The highest BCUT2D eigenvalue weighted by Gasteiger charge is 2.15. The van der Waals surface area contributed by atoms with Crippen LogP contribution >= 0.6 is 0 Å². The summed E-state index contributed by atoms with van der Waals surface area (Å²) in [4.78, 5) is 2.04. The van der Waals surface area contributed by atoms with Crippen molar-refractivity contribution in [3.05, 3.63) is 29.8 Å². The molecule has 3 N–H and O–H groups in total. The predicted molar refractivity (Wildman–Crippen MR) is 81.7 cm³/mol. The van der Waals surface area contributed by atoms with Crippen LogP contribution in [0.4, 0.5) is 0 Å². The fraction of sp³-hybridized carbons (Fsp3) is 0.500. The average Bonchev–Trinajstić information content (AvgIpc) is 2.35. The smallest absolute Gasteiger partial charge is 0.119 e. The summed E-state index contributed by atoms with van der Waals surface area (Å²) >= 11 is 0. The molecule has 0 bridgehead atoms. The van der Waals surface area contributed by atoms with Crippen LogP contribution < -0.4 is 10.5 Å². The van der Waals surface area contributed by atoms with Gasteiger partial charge in [0.05, 0.1) is 12.1 Å². The van der Waals surface area contributed by atoms with Crippen molar-refractivity contribution >= 4 is 0 Å². The largest absolute Gasteiger partial charge is 0.492 e. The van der Waals surface area contributed by atoms with Gasteiger partial charge in [-0.1, -0.05) is 11.8 Å². The van der Waals surface area contributed by atoms with E-state index in [4.69, 9.17) is 10.5 Å². The number of likely N-dealkylation sites (N-methyl/N-ethyl adjacent to an activating group) is 1. The minimum atomic E-state index is -0.682. The van der Waals surface area contributed by atoms with Crippen molar-refractivity contribution in [3.63, 3.8) is 0 Å². The van der Waals surface area contributed by atoms with E-state index < -0.39 is 5.60 Å². The van der Waals surface area contributed by atoms with Crippen molar-refractivity contribution < 1.29 is 9.84 Å². The highest BCUT2D eigenvalue weighted by molar-refractivity contribution is 5.38. The summed E-state index contributed by atoms with van der Waals surface area (Å²) in [5, 5.41) is 9.70. The maximum atomic E-state index is 9.70. The van der Waals surface area contributed by atoms with Crippen molar-refractivity contribution in [3.8, 4) is 17.6 Å². The molecule has 0 fully saturated rings. The molecule has 1 rings (SSSR count). The van der Waals surface area contributed by atoms with Gasteiger partial charge in [0, 0.05) is 18.7 Å². The fourth-order valence-corrected chi connectivity index (χ4v) is 1.85. The van der Waals surface area contributed by atoms with Gasteiger partial charge in [0.15, 0.2) is 0 Å². The van der Waals surface area contributed by atoms with Crippen molar-refractivity contribution in [2.75, 3.05) is 33.3 Å². The summed E-state index contributed by atoms with van der Waals surface area (Å²) in [6.45, 7) is 5.92. The lowest BCUT2D eigenvalue weighted by Crippen LogP contribution is -2.38. The van der Waals surface area contributed by atoms with Crippen molar-refractivity contribution in [2.24, 2.45) is 5.73 Å². The van der Waals surface area contributed by atoms with Crippen LogP contribution in [0.5, 0.6) is 5.75 Å². The SMILES string of the molecule is CN(CCOc1ccc(C#CCN)cc1)CC(C)(C)O. The Balaban J connectivity index is 2.35. The van der Waals surface area contributed by atoms with E-state index >= 15 is 0 Å². The second kappa shape index (κ2) is 7.91. The molecule has 0 atom stereocenters. The van der Waals surface area contributed by atoms with Crippen LogP contribution in [0.25, 0.3) is 0 Å². The van der Waals surface area contributed by atoms with Gasteiger partial charge < -0.3 is 20.5 Å². The number of aliphatic hydroxyl groups is 1. The maximum Gasteiger partial charge on any atom is 0.119 e. The van der Waals surface area contributed by atoms with Gasteiger partial charge in [-0.05, 0) is 45.2 Å². The number of benzene rings is 1. The summed E-state index contributed by atoms with van der Waals surface area (Å²) in [7, 11) is 1.97. The number of hydrogen-bond donors (Lipinski definition) is 2. The van der Waals surface area contributed by atoms with E-state index in [2.05, 4.69) is 11.8 Å². The molecule has 110 valence electrons. The van der Waals surface area contributed by atoms with E-state index in [-0.39, 0.29) is 0 Å². The number of ether oxygens (including phenoxy) is 1. The Bertz CT molecular complexity index is 452. The van der Waals surface area contributed by atoms with Crippen molar-refractivity contribution in [1.82, 2.24) is 4.90 Å². The van der Waals surface area contributed by atoms with Crippen LogP contribution in [0.2, 0.25) is 0 Å². The third-order valence-electron chi connectivity index (χ3n) is 2.59. The highest BCUT2D eigenvalue weighted by Crippen LogP contribution is 2.11. The Labute approximate surface area is 121 Å². The minimum Gasteiger partial charge on any atom is -0.492 e. The molecule has 0 amide bonds. The zero-order valence-corrected chi connectivity index (χ0v) is 12.5. The standard InChI is InChI=1S/C16H24N2O2/c1-16(2,19)13-18(3)11-12-20-15-8-6-14(7-9-15)5-4-10-17/h6-9,19H,10-13,17H2,1-3H3. The molecule has 0 saturated carbocycles. The first-order valence-electron chi connectivity index (χ1n) is 6.73. The second-order valence-corrected chi connectivity index (χ2v) is 5.43. The molecule has 4 nitrogen and oxygen atoms in total. The first-order chi connectivity index (χ1) is 9.40. The Morgan fingerprint density at radius 3 is 2.50 bits per heavy atom. The second-order valence-electron chi connectivity index (χ2n) is 5.43. The third-order valence-corrected chi connectivity index (χ3v) is 2.59. The molecular weight excluding hydrogens is 252 g/mol. The number of nitrogens with zero attached hydrogens (tertiary/aromatic N) is 1. The van der Waals surface area contributed by atoms with E-state index in [9.17, 15) is 5.11 Å². The lowest BCUT2D eigenvalue weighted by Gasteiger charge is -2.25. The van der Waals surface area contributed by atoms with Crippen LogP contribution in [0, 0.1) is 11.8 Å². The normalized spacial score (nSPS) is 11.1. The average molecular weight is 276 g/mol. The zero-order valence-electron chi connectivity index (χ0n) is 12.5. The summed E-state index contributed by atoms with van der Waals surface area (Å²) < 4.78 is 5.65. The van der Waals surface area contributed by atoms with Gasteiger partial charge >= 0.3 is 0 Å².